The van der Waals surface area contributed by atoms with E-state index in [-0.39, 0.29) is 11.9 Å². The Bertz CT molecular complexity index is 416. The largest absolute Gasteiger partial charge is 0.351 e. The molecule has 3 atom stereocenters. The highest BCUT2D eigenvalue weighted by atomic mass is 35.5. The Hall–Kier alpha value is -1.06. The molecule has 1 amide bonds. The molecule has 3 nitrogen and oxygen atoms in total. The maximum atomic E-state index is 11.7. The van der Waals surface area contributed by atoms with Crippen LogP contribution in [0.4, 0.5) is 0 Å². The smallest absolute Gasteiger partial charge is 0.236 e. The van der Waals surface area contributed by atoms with Crippen LogP contribution in [0.15, 0.2) is 24.3 Å². The van der Waals surface area contributed by atoms with E-state index in [1.54, 1.807) is 6.92 Å². The molecule has 2 rings (SSSR count). The van der Waals surface area contributed by atoms with Gasteiger partial charge in [-0.05, 0) is 37.5 Å². The molecule has 1 fully saturated rings. The highest BCUT2D eigenvalue weighted by molar-refractivity contribution is 6.30. The monoisotopic (exact) mass is 266 g/mol. The van der Waals surface area contributed by atoms with E-state index >= 15 is 0 Å². The molecule has 3 N–H and O–H groups in total. The number of carbonyl (C=O) groups excluding carboxylic acids is 1. The van der Waals surface area contributed by atoms with E-state index in [4.69, 9.17) is 17.3 Å². The first kappa shape index (κ1) is 13.4. The standard InChI is InChI=1S/C14H19ClN2O/c1-9(16)14(18)17-13-4-2-3-12(13)10-5-7-11(15)8-6-10/h5-9,12-13H,2-4,16H2,1H3,(H,17,18)/t9-,12-,13+/m0/s1. The molecule has 1 aromatic carbocycles. The summed E-state index contributed by atoms with van der Waals surface area (Å²) in [5.74, 6) is 0.311. The molecule has 0 bridgehead atoms. The van der Waals surface area contributed by atoms with E-state index < -0.39 is 6.04 Å². The summed E-state index contributed by atoms with van der Waals surface area (Å²) in [5.41, 5.74) is 6.83. The third-order valence-electron chi connectivity index (χ3n) is 3.56. The van der Waals surface area contributed by atoms with Gasteiger partial charge >= 0.3 is 0 Å². The highest BCUT2D eigenvalue weighted by Crippen LogP contribution is 2.35. The molecule has 4 heteroatoms. The molecule has 0 spiro atoms. The summed E-state index contributed by atoms with van der Waals surface area (Å²) in [6.45, 7) is 1.71. The molecule has 1 aliphatic rings. The quantitative estimate of drug-likeness (QED) is 0.883. The second kappa shape index (κ2) is 5.72. The molecule has 1 aliphatic carbocycles. The van der Waals surface area contributed by atoms with E-state index in [0.29, 0.717) is 5.92 Å². The first-order chi connectivity index (χ1) is 8.58. The van der Waals surface area contributed by atoms with Crippen LogP contribution < -0.4 is 11.1 Å². The summed E-state index contributed by atoms with van der Waals surface area (Å²) < 4.78 is 0. The predicted molar refractivity (Wildman–Crippen MR) is 73.6 cm³/mol. The summed E-state index contributed by atoms with van der Waals surface area (Å²) in [6.07, 6.45) is 3.26. The van der Waals surface area contributed by atoms with Gasteiger partial charge in [-0.1, -0.05) is 30.2 Å². The van der Waals surface area contributed by atoms with Crippen LogP contribution in [0.1, 0.15) is 37.7 Å². The summed E-state index contributed by atoms with van der Waals surface area (Å²) >= 11 is 5.89. The molecular formula is C14H19ClN2O. The number of nitrogens with one attached hydrogen (secondary N) is 1. The fourth-order valence-electron chi connectivity index (χ4n) is 2.56. The van der Waals surface area contributed by atoms with Gasteiger partial charge in [-0.15, -0.1) is 0 Å². The SMILES string of the molecule is C[C@H](N)C(=O)N[C@@H]1CCC[C@H]1c1ccc(Cl)cc1. The number of rotatable bonds is 3. The number of carbonyl (C=O) groups is 1. The average Bonchev–Trinajstić information content (AvgIpc) is 2.78. The third-order valence-corrected chi connectivity index (χ3v) is 3.81. The third kappa shape index (κ3) is 3.03. The van der Waals surface area contributed by atoms with Crippen molar-refractivity contribution in [1.82, 2.24) is 5.32 Å². The van der Waals surface area contributed by atoms with Crippen LogP contribution in [0.3, 0.4) is 0 Å². The normalized spacial score (nSPS) is 24.8. The van der Waals surface area contributed by atoms with Crippen LogP contribution >= 0.6 is 11.6 Å². The van der Waals surface area contributed by atoms with Gasteiger partial charge in [0.25, 0.3) is 0 Å². The van der Waals surface area contributed by atoms with Crippen LogP contribution in [0.5, 0.6) is 0 Å². The van der Waals surface area contributed by atoms with Crippen LogP contribution in [0, 0.1) is 0 Å². The number of benzene rings is 1. The second-order valence-electron chi connectivity index (χ2n) is 4.99. The average molecular weight is 267 g/mol. The number of amides is 1. The molecule has 98 valence electrons. The molecule has 0 unspecified atom stereocenters. The molecule has 0 radical (unpaired) electrons. The van der Waals surface area contributed by atoms with Gasteiger partial charge in [0.15, 0.2) is 0 Å². The fraction of sp³-hybridized carbons (Fsp3) is 0.500. The highest BCUT2D eigenvalue weighted by Gasteiger charge is 2.30. The summed E-state index contributed by atoms with van der Waals surface area (Å²) in [5, 5.41) is 3.79. The van der Waals surface area contributed by atoms with E-state index in [1.165, 1.54) is 5.56 Å². The predicted octanol–water partition coefficient (Wildman–Crippen LogP) is 2.44. The minimum atomic E-state index is -0.448. The van der Waals surface area contributed by atoms with Gasteiger partial charge in [0.05, 0.1) is 6.04 Å². The van der Waals surface area contributed by atoms with Crippen molar-refractivity contribution >= 4 is 17.5 Å². The van der Waals surface area contributed by atoms with Crippen molar-refractivity contribution in [2.75, 3.05) is 0 Å². The molecule has 0 aromatic heterocycles. The summed E-state index contributed by atoms with van der Waals surface area (Å²) in [7, 11) is 0. The Morgan fingerprint density at radius 3 is 2.67 bits per heavy atom. The van der Waals surface area contributed by atoms with E-state index in [9.17, 15) is 4.79 Å². The van der Waals surface area contributed by atoms with Crippen LogP contribution in [-0.4, -0.2) is 18.0 Å². The molecule has 0 aliphatic heterocycles. The number of nitrogens with two attached hydrogens (primary N) is 1. The summed E-state index contributed by atoms with van der Waals surface area (Å²) in [4.78, 5) is 11.7. The molecule has 1 saturated carbocycles. The van der Waals surface area contributed by atoms with Gasteiger partial charge < -0.3 is 11.1 Å². The molecular weight excluding hydrogens is 248 g/mol. The number of hydrogen-bond donors (Lipinski definition) is 2. The molecule has 0 saturated heterocycles. The van der Waals surface area contributed by atoms with E-state index in [0.717, 1.165) is 24.3 Å². The Morgan fingerprint density at radius 1 is 1.39 bits per heavy atom. The Morgan fingerprint density at radius 2 is 2.06 bits per heavy atom. The Balaban J connectivity index is 2.07. The zero-order valence-electron chi connectivity index (χ0n) is 10.5. The van der Waals surface area contributed by atoms with Crippen LogP contribution in [-0.2, 0) is 4.79 Å². The fourth-order valence-corrected chi connectivity index (χ4v) is 2.68. The minimum absolute atomic E-state index is 0.0686. The maximum Gasteiger partial charge on any atom is 0.236 e. The van der Waals surface area contributed by atoms with Crippen molar-refractivity contribution in [3.63, 3.8) is 0 Å². The van der Waals surface area contributed by atoms with E-state index in [2.05, 4.69) is 5.32 Å². The lowest BCUT2D eigenvalue weighted by atomic mass is 9.94. The van der Waals surface area contributed by atoms with Gasteiger partial charge in [0.2, 0.25) is 5.91 Å². The van der Waals surface area contributed by atoms with Crippen molar-refractivity contribution < 1.29 is 4.79 Å². The maximum absolute atomic E-state index is 11.7. The van der Waals surface area contributed by atoms with Gasteiger partial charge in [-0.2, -0.15) is 0 Å². The lowest BCUT2D eigenvalue weighted by Crippen LogP contribution is -2.44. The van der Waals surface area contributed by atoms with Crippen molar-refractivity contribution in [2.24, 2.45) is 5.73 Å². The van der Waals surface area contributed by atoms with Crippen molar-refractivity contribution in [3.8, 4) is 0 Å². The van der Waals surface area contributed by atoms with Gasteiger partial charge in [-0.25, -0.2) is 0 Å². The Labute approximate surface area is 113 Å². The molecule has 18 heavy (non-hydrogen) atoms. The van der Waals surface area contributed by atoms with Gasteiger partial charge in [0.1, 0.15) is 0 Å². The first-order valence-corrected chi connectivity index (χ1v) is 6.77. The molecule has 1 aromatic rings. The lowest BCUT2D eigenvalue weighted by Gasteiger charge is -2.22. The number of hydrogen-bond acceptors (Lipinski definition) is 2. The number of halogens is 1. The molecule has 0 heterocycles. The zero-order valence-corrected chi connectivity index (χ0v) is 11.3. The van der Waals surface area contributed by atoms with Crippen molar-refractivity contribution in [2.45, 2.75) is 44.2 Å². The van der Waals surface area contributed by atoms with Crippen LogP contribution in [0.2, 0.25) is 5.02 Å². The first-order valence-electron chi connectivity index (χ1n) is 6.39. The summed E-state index contributed by atoms with van der Waals surface area (Å²) in [6, 6.07) is 7.65. The lowest BCUT2D eigenvalue weighted by molar-refractivity contribution is -0.122. The Kier molecular flexibility index (Phi) is 4.25. The van der Waals surface area contributed by atoms with Crippen LogP contribution in [0.25, 0.3) is 0 Å². The van der Waals surface area contributed by atoms with E-state index in [1.807, 2.05) is 24.3 Å². The van der Waals surface area contributed by atoms with Crippen molar-refractivity contribution in [3.05, 3.63) is 34.9 Å². The van der Waals surface area contributed by atoms with Gasteiger partial charge in [0, 0.05) is 17.0 Å². The van der Waals surface area contributed by atoms with Crippen molar-refractivity contribution in [1.29, 1.82) is 0 Å². The zero-order chi connectivity index (χ0) is 13.1. The minimum Gasteiger partial charge on any atom is -0.351 e. The van der Waals surface area contributed by atoms with Gasteiger partial charge in [-0.3, -0.25) is 4.79 Å². The topological polar surface area (TPSA) is 55.1 Å². The second-order valence-corrected chi connectivity index (χ2v) is 5.43.